The molecule has 0 atom stereocenters. The van der Waals surface area contributed by atoms with Crippen LogP contribution in [-0.2, 0) is 21.3 Å². The number of carbonyl (C=O) groups is 1. The summed E-state index contributed by atoms with van der Waals surface area (Å²) in [6, 6.07) is 0. The Labute approximate surface area is 41.7 Å². The quantitative estimate of drug-likeness (QED) is 0.424. The second-order valence-corrected chi connectivity index (χ2v) is 0.908. The molecule has 0 aromatic rings. The number of rotatable bonds is 0. The van der Waals surface area contributed by atoms with E-state index in [-0.39, 0.29) is 22.3 Å². The normalized spacial score (nSPS) is 5.20. The van der Waals surface area contributed by atoms with Crippen molar-refractivity contribution >= 4 is 5.78 Å². The van der Waals surface area contributed by atoms with Crippen molar-refractivity contribution in [2.45, 2.75) is 13.8 Å². The van der Waals surface area contributed by atoms with Crippen molar-refractivity contribution in [2.75, 3.05) is 0 Å². The molecule has 0 rings (SSSR count). The molecule has 0 aromatic heterocycles. The monoisotopic (exact) mass is 116 g/mol. The van der Waals surface area contributed by atoms with Crippen molar-refractivity contribution in [2.24, 2.45) is 0 Å². The van der Waals surface area contributed by atoms with Gasteiger partial charge in [0.2, 0.25) is 0 Å². The summed E-state index contributed by atoms with van der Waals surface area (Å²) in [5.74, 6) is 0.167. The van der Waals surface area contributed by atoms with Crippen molar-refractivity contribution in [3.63, 3.8) is 0 Å². The van der Waals surface area contributed by atoms with Crippen LogP contribution >= 0.6 is 0 Å². The maximum Gasteiger partial charge on any atom is 2.00 e. The topological polar surface area (TPSA) is 17.1 Å². The van der Waals surface area contributed by atoms with Crippen molar-refractivity contribution in [1.29, 1.82) is 0 Å². The molecule has 0 aromatic carbocycles. The first kappa shape index (κ1) is 8.94. The van der Waals surface area contributed by atoms with Gasteiger partial charge in [0, 0.05) is 0 Å². The van der Waals surface area contributed by atoms with Crippen LogP contribution in [0.2, 0.25) is 0 Å². The number of hydrogen-bond donors (Lipinski definition) is 0. The fourth-order valence-electron chi connectivity index (χ4n) is 0. The summed E-state index contributed by atoms with van der Waals surface area (Å²) in [5, 5.41) is 0. The minimum absolute atomic E-state index is 0. The van der Waals surface area contributed by atoms with Crippen LogP contribution in [0.4, 0.5) is 0 Å². The van der Waals surface area contributed by atoms with Crippen molar-refractivity contribution in [3.8, 4) is 0 Å². The molecule has 0 fully saturated rings. The Morgan fingerprint density at radius 3 is 1.40 bits per heavy atom. The Morgan fingerprint density at radius 1 is 1.40 bits per heavy atom. The summed E-state index contributed by atoms with van der Waals surface area (Å²) in [4.78, 5) is 9.44. The van der Waals surface area contributed by atoms with Crippen LogP contribution in [0, 0.1) is 0 Å². The van der Waals surface area contributed by atoms with E-state index in [0.29, 0.717) is 0 Å². The van der Waals surface area contributed by atoms with Gasteiger partial charge in [0.1, 0.15) is 5.78 Å². The molecule has 0 saturated carbocycles. The molecule has 5 heavy (non-hydrogen) atoms. The second-order valence-electron chi connectivity index (χ2n) is 0.908. The van der Waals surface area contributed by atoms with Gasteiger partial charge in [-0.25, -0.2) is 0 Å². The van der Waals surface area contributed by atoms with Crippen LogP contribution in [0.25, 0.3) is 0 Å². The first-order valence-electron chi connectivity index (χ1n) is 1.20. The zero-order valence-corrected chi connectivity index (χ0v) is 4.21. The van der Waals surface area contributed by atoms with E-state index in [1.807, 2.05) is 0 Å². The molecule has 0 spiro atoms. The predicted molar refractivity (Wildman–Crippen MR) is 16.4 cm³/mol. The zero-order chi connectivity index (χ0) is 3.58. The van der Waals surface area contributed by atoms with Gasteiger partial charge < -0.3 is 4.79 Å². The molecule has 0 aliphatic carbocycles. The molecule has 2 heteroatoms. The molecular weight excluding hydrogens is 111 g/mol. The standard InChI is InChI=1S/C3H6O.Ni/c1-3(2)4;/h1-2H3;/q;+2. The fraction of sp³-hybridized carbons (Fsp3) is 0.667. The molecule has 0 radical (unpaired) electrons. The van der Waals surface area contributed by atoms with Gasteiger partial charge in [-0.15, -0.1) is 0 Å². The van der Waals surface area contributed by atoms with E-state index in [2.05, 4.69) is 0 Å². The zero-order valence-electron chi connectivity index (χ0n) is 3.22. The average Bonchev–Trinajstić information content (AvgIpc) is 0.811. The van der Waals surface area contributed by atoms with E-state index in [9.17, 15) is 4.79 Å². The van der Waals surface area contributed by atoms with Crippen molar-refractivity contribution < 1.29 is 21.3 Å². The third-order valence-electron chi connectivity index (χ3n) is 0. The summed E-state index contributed by atoms with van der Waals surface area (Å²) in [5.41, 5.74) is 0. The van der Waals surface area contributed by atoms with E-state index >= 15 is 0 Å². The van der Waals surface area contributed by atoms with Gasteiger partial charge in [-0.2, -0.15) is 0 Å². The molecule has 0 bridgehead atoms. The second kappa shape index (κ2) is 4.16. The molecule has 1 nitrogen and oxygen atoms in total. The predicted octanol–water partition coefficient (Wildman–Crippen LogP) is 0.593. The number of Topliss-reactive ketones (excluding diaryl/α,β-unsaturated/α-hetero) is 1. The minimum atomic E-state index is 0. The molecular formula is C3H6NiO+2. The van der Waals surface area contributed by atoms with Crippen LogP contribution in [0.15, 0.2) is 0 Å². The van der Waals surface area contributed by atoms with Crippen LogP contribution < -0.4 is 0 Å². The Balaban J connectivity index is 0. The van der Waals surface area contributed by atoms with Gasteiger partial charge in [-0.05, 0) is 13.8 Å². The number of hydrogen-bond acceptors (Lipinski definition) is 1. The Bertz CT molecular complexity index is 29.9. The fourth-order valence-corrected chi connectivity index (χ4v) is 0. The maximum atomic E-state index is 9.44. The number of carbonyl (C=O) groups excluding carboxylic acids is 1. The van der Waals surface area contributed by atoms with Gasteiger partial charge in [-0.1, -0.05) is 0 Å². The summed E-state index contributed by atoms with van der Waals surface area (Å²) >= 11 is 0. The van der Waals surface area contributed by atoms with E-state index in [0.717, 1.165) is 0 Å². The summed E-state index contributed by atoms with van der Waals surface area (Å²) < 4.78 is 0. The molecule has 0 aliphatic heterocycles. The van der Waals surface area contributed by atoms with Crippen LogP contribution in [0.1, 0.15) is 13.8 Å². The Hall–Kier alpha value is 0.164. The Morgan fingerprint density at radius 2 is 1.40 bits per heavy atom. The largest absolute Gasteiger partial charge is 2.00 e. The average molecular weight is 117 g/mol. The molecule has 0 amide bonds. The maximum absolute atomic E-state index is 9.44. The van der Waals surface area contributed by atoms with E-state index < -0.39 is 0 Å². The summed E-state index contributed by atoms with van der Waals surface area (Å²) in [6.07, 6.45) is 0. The van der Waals surface area contributed by atoms with Crippen molar-refractivity contribution in [1.82, 2.24) is 0 Å². The minimum Gasteiger partial charge on any atom is -0.300 e. The van der Waals surface area contributed by atoms with E-state index in [1.54, 1.807) is 0 Å². The molecule has 32 valence electrons. The van der Waals surface area contributed by atoms with Crippen LogP contribution in [0.3, 0.4) is 0 Å². The smallest absolute Gasteiger partial charge is 0.300 e. The molecule has 0 aliphatic rings. The Kier molecular flexibility index (Phi) is 7.45. The van der Waals surface area contributed by atoms with Gasteiger partial charge in [-0.3, -0.25) is 0 Å². The van der Waals surface area contributed by atoms with Gasteiger partial charge in [0.25, 0.3) is 0 Å². The third kappa shape index (κ3) is 729. The van der Waals surface area contributed by atoms with E-state index in [4.69, 9.17) is 0 Å². The van der Waals surface area contributed by atoms with Crippen LogP contribution in [-0.4, -0.2) is 5.78 Å². The van der Waals surface area contributed by atoms with Gasteiger partial charge in [0.05, 0.1) is 0 Å². The SMILES string of the molecule is CC(C)=O.[Ni+2]. The molecule has 0 N–H and O–H groups in total. The van der Waals surface area contributed by atoms with E-state index in [1.165, 1.54) is 13.8 Å². The van der Waals surface area contributed by atoms with Crippen LogP contribution in [0.5, 0.6) is 0 Å². The molecule has 0 heterocycles. The molecule has 0 unspecified atom stereocenters. The van der Waals surface area contributed by atoms with Crippen molar-refractivity contribution in [3.05, 3.63) is 0 Å². The molecule has 0 saturated heterocycles. The third-order valence-corrected chi connectivity index (χ3v) is 0. The summed E-state index contributed by atoms with van der Waals surface area (Å²) in [6.45, 7) is 3.06. The van der Waals surface area contributed by atoms with Gasteiger partial charge in [0.15, 0.2) is 0 Å². The first-order chi connectivity index (χ1) is 1.73. The number of ketones is 1. The first-order valence-corrected chi connectivity index (χ1v) is 1.20. The summed E-state index contributed by atoms with van der Waals surface area (Å²) in [7, 11) is 0. The van der Waals surface area contributed by atoms with Gasteiger partial charge >= 0.3 is 16.5 Å².